The maximum atomic E-state index is 11.4. The van der Waals surface area contributed by atoms with Crippen molar-refractivity contribution in [2.45, 2.75) is 53.1 Å². The van der Waals surface area contributed by atoms with Crippen LogP contribution in [0.2, 0.25) is 0 Å². The Bertz CT molecular complexity index is 480. The van der Waals surface area contributed by atoms with Gasteiger partial charge in [0.25, 0.3) is 5.95 Å². The van der Waals surface area contributed by atoms with Crippen molar-refractivity contribution in [1.82, 2.24) is 20.4 Å². The van der Waals surface area contributed by atoms with E-state index in [2.05, 4.69) is 25.7 Å². The second-order valence-electron chi connectivity index (χ2n) is 5.04. The standard InChI is InChI=1S/C13H24N6O2/c1-7-9(4)19(18-10(5)20)12-15-11(14-8(2)3)16-13(17-12)21-6/h8-9H,7H2,1-6H3,(H,18,20)(H,14,15,16,17)/t9-/m1/s1. The molecule has 1 aromatic heterocycles. The molecule has 0 aliphatic carbocycles. The number of nitrogens with one attached hydrogen (secondary N) is 2. The second kappa shape index (κ2) is 7.61. The summed E-state index contributed by atoms with van der Waals surface area (Å²) in [6.07, 6.45) is 0.821. The summed E-state index contributed by atoms with van der Waals surface area (Å²) in [6, 6.07) is 0.400. The quantitative estimate of drug-likeness (QED) is 0.734. The summed E-state index contributed by atoms with van der Waals surface area (Å²) in [4.78, 5) is 24.1. The highest BCUT2D eigenvalue weighted by Crippen LogP contribution is 2.17. The van der Waals surface area contributed by atoms with Crippen LogP contribution in [0.5, 0.6) is 6.01 Å². The van der Waals surface area contributed by atoms with Crippen molar-refractivity contribution < 1.29 is 9.53 Å². The summed E-state index contributed by atoms with van der Waals surface area (Å²) < 4.78 is 5.10. The van der Waals surface area contributed by atoms with Crippen LogP contribution in [0, 0.1) is 0 Å². The lowest BCUT2D eigenvalue weighted by atomic mass is 10.2. The van der Waals surface area contributed by atoms with Crippen molar-refractivity contribution in [2.75, 3.05) is 17.4 Å². The third-order valence-electron chi connectivity index (χ3n) is 2.73. The summed E-state index contributed by atoms with van der Waals surface area (Å²) in [5, 5.41) is 4.73. The van der Waals surface area contributed by atoms with Crippen molar-refractivity contribution in [3.8, 4) is 6.01 Å². The van der Waals surface area contributed by atoms with E-state index in [0.29, 0.717) is 11.9 Å². The molecule has 21 heavy (non-hydrogen) atoms. The minimum Gasteiger partial charge on any atom is -0.467 e. The first kappa shape index (κ1) is 16.9. The Labute approximate surface area is 125 Å². The minimum absolute atomic E-state index is 0.0351. The molecule has 1 aromatic rings. The first-order valence-electron chi connectivity index (χ1n) is 7.00. The molecule has 0 saturated heterocycles. The molecule has 1 rings (SSSR count). The molecule has 0 fully saturated rings. The van der Waals surface area contributed by atoms with Crippen LogP contribution in [-0.4, -0.2) is 40.1 Å². The van der Waals surface area contributed by atoms with E-state index in [9.17, 15) is 4.79 Å². The predicted molar refractivity (Wildman–Crippen MR) is 81.2 cm³/mol. The minimum atomic E-state index is -0.187. The van der Waals surface area contributed by atoms with E-state index in [1.54, 1.807) is 5.01 Å². The average molecular weight is 296 g/mol. The summed E-state index contributed by atoms with van der Waals surface area (Å²) in [5.74, 6) is 0.563. The number of hydrazine groups is 1. The van der Waals surface area contributed by atoms with Gasteiger partial charge >= 0.3 is 6.01 Å². The molecule has 2 N–H and O–H groups in total. The maximum Gasteiger partial charge on any atom is 0.322 e. The van der Waals surface area contributed by atoms with Gasteiger partial charge in [0.2, 0.25) is 11.9 Å². The molecule has 1 amide bonds. The molecule has 0 spiro atoms. The lowest BCUT2D eigenvalue weighted by molar-refractivity contribution is -0.119. The molecule has 118 valence electrons. The zero-order valence-corrected chi connectivity index (χ0v) is 13.5. The largest absolute Gasteiger partial charge is 0.467 e. The number of aromatic nitrogens is 3. The van der Waals surface area contributed by atoms with Crippen molar-refractivity contribution >= 4 is 17.8 Å². The summed E-state index contributed by atoms with van der Waals surface area (Å²) >= 11 is 0. The van der Waals surface area contributed by atoms with Gasteiger partial charge in [-0.3, -0.25) is 10.2 Å². The number of amides is 1. The van der Waals surface area contributed by atoms with Gasteiger partial charge in [-0.2, -0.15) is 15.0 Å². The van der Waals surface area contributed by atoms with Crippen LogP contribution in [0.1, 0.15) is 41.0 Å². The average Bonchev–Trinajstić information content (AvgIpc) is 2.42. The Morgan fingerprint density at radius 1 is 1.29 bits per heavy atom. The van der Waals surface area contributed by atoms with Crippen LogP contribution in [0.3, 0.4) is 0 Å². The molecule has 1 atom stereocenters. The number of carbonyl (C=O) groups is 1. The van der Waals surface area contributed by atoms with Crippen molar-refractivity contribution in [1.29, 1.82) is 0 Å². The highest BCUT2D eigenvalue weighted by Gasteiger charge is 2.20. The van der Waals surface area contributed by atoms with Gasteiger partial charge in [0.15, 0.2) is 0 Å². The molecule has 8 heteroatoms. The number of methoxy groups -OCH3 is 1. The van der Waals surface area contributed by atoms with E-state index >= 15 is 0 Å². The van der Waals surface area contributed by atoms with E-state index in [0.717, 1.165) is 6.42 Å². The molecule has 0 aliphatic rings. The topological polar surface area (TPSA) is 92.3 Å². The highest BCUT2D eigenvalue weighted by atomic mass is 16.5. The van der Waals surface area contributed by atoms with E-state index in [1.807, 2.05) is 27.7 Å². The van der Waals surface area contributed by atoms with Gasteiger partial charge in [0.05, 0.1) is 13.2 Å². The van der Waals surface area contributed by atoms with Gasteiger partial charge in [-0.05, 0) is 27.2 Å². The van der Waals surface area contributed by atoms with Gasteiger partial charge in [-0.15, -0.1) is 0 Å². The van der Waals surface area contributed by atoms with Crippen molar-refractivity contribution in [3.63, 3.8) is 0 Å². The number of carbonyl (C=O) groups excluding carboxylic acids is 1. The third-order valence-corrected chi connectivity index (χ3v) is 2.73. The van der Waals surface area contributed by atoms with Crippen molar-refractivity contribution in [2.24, 2.45) is 0 Å². The SMILES string of the molecule is CC[C@@H](C)N(NC(C)=O)c1nc(NC(C)C)nc(OC)n1. The van der Waals surface area contributed by atoms with Crippen LogP contribution in [-0.2, 0) is 4.79 Å². The fourth-order valence-electron chi connectivity index (χ4n) is 1.58. The van der Waals surface area contributed by atoms with Crippen molar-refractivity contribution in [3.05, 3.63) is 0 Å². The molecule has 0 aliphatic heterocycles. The molecule has 0 saturated carbocycles. The monoisotopic (exact) mass is 296 g/mol. The Kier molecular flexibility index (Phi) is 6.13. The fraction of sp³-hybridized carbons (Fsp3) is 0.692. The number of ether oxygens (including phenoxy) is 1. The van der Waals surface area contributed by atoms with E-state index in [1.165, 1.54) is 14.0 Å². The molecule has 0 aromatic carbocycles. The van der Waals surface area contributed by atoms with Gasteiger partial charge in [0, 0.05) is 13.0 Å². The lowest BCUT2D eigenvalue weighted by Gasteiger charge is -2.28. The van der Waals surface area contributed by atoms with Gasteiger partial charge < -0.3 is 10.1 Å². The smallest absolute Gasteiger partial charge is 0.322 e. The lowest BCUT2D eigenvalue weighted by Crippen LogP contribution is -2.47. The van der Waals surface area contributed by atoms with Crippen LogP contribution in [0.4, 0.5) is 11.9 Å². The zero-order valence-electron chi connectivity index (χ0n) is 13.5. The molecular weight excluding hydrogens is 272 g/mol. The summed E-state index contributed by atoms with van der Waals surface area (Å²) in [6.45, 7) is 9.40. The first-order valence-corrected chi connectivity index (χ1v) is 7.00. The van der Waals surface area contributed by atoms with Crippen LogP contribution in [0.25, 0.3) is 0 Å². The molecule has 0 radical (unpaired) electrons. The third kappa shape index (κ3) is 5.05. The van der Waals surface area contributed by atoms with Crippen LogP contribution in [0.15, 0.2) is 0 Å². The maximum absolute atomic E-state index is 11.4. The number of hydrogen-bond donors (Lipinski definition) is 2. The number of rotatable bonds is 7. The summed E-state index contributed by atoms with van der Waals surface area (Å²) in [7, 11) is 1.49. The number of nitrogens with zero attached hydrogens (tertiary/aromatic N) is 4. The van der Waals surface area contributed by atoms with Crippen LogP contribution >= 0.6 is 0 Å². The molecule has 8 nitrogen and oxygen atoms in total. The van der Waals surface area contributed by atoms with Gasteiger partial charge in [0.1, 0.15) is 0 Å². The Hall–Kier alpha value is -2.12. The Morgan fingerprint density at radius 3 is 2.43 bits per heavy atom. The molecular formula is C13H24N6O2. The van der Waals surface area contributed by atoms with E-state index in [4.69, 9.17) is 4.74 Å². The number of anilines is 2. The number of hydrogen-bond acceptors (Lipinski definition) is 7. The molecule has 0 bridgehead atoms. The molecule has 1 heterocycles. The van der Waals surface area contributed by atoms with Crippen LogP contribution < -0.4 is 20.5 Å². The fourth-order valence-corrected chi connectivity index (χ4v) is 1.58. The first-order chi connectivity index (χ1) is 9.87. The zero-order chi connectivity index (χ0) is 16.0. The van der Waals surface area contributed by atoms with E-state index < -0.39 is 0 Å². The molecule has 0 unspecified atom stereocenters. The summed E-state index contributed by atoms with van der Waals surface area (Å²) in [5.41, 5.74) is 2.74. The normalized spacial score (nSPS) is 12.0. The highest BCUT2D eigenvalue weighted by molar-refractivity contribution is 5.74. The van der Waals surface area contributed by atoms with Gasteiger partial charge in [-0.25, -0.2) is 5.01 Å². The predicted octanol–water partition coefficient (Wildman–Crippen LogP) is 1.36. The van der Waals surface area contributed by atoms with E-state index in [-0.39, 0.29) is 24.0 Å². The Morgan fingerprint density at radius 2 is 1.95 bits per heavy atom. The Balaban J connectivity index is 3.18. The second-order valence-corrected chi connectivity index (χ2v) is 5.04. The van der Waals surface area contributed by atoms with Gasteiger partial charge in [-0.1, -0.05) is 6.92 Å².